The molecule has 5 nitrogen and oxygen atoms in total. The first-order chi connectivity index (χ1) is 10.8. The van der Waals surface area contributed by atoms with Crippen LogP contribution in [-0.2, 0) is 6.54 Å². The van der Waals surface area contributed by atoms with Gasteiger partial charge in [-0.2, -0.15) is 5.26 Å². The predicted octanol–water partition coefficient (Wildman–Crippen LogP) is 3.40. The summed E-state index contributed by atoms with van der Waals surface area (Å²) in [6, 6.07) is 17.1. The van der Waals surface area contributed by atoms with Crippen LogP contribution >= 0.6 is 11.6 Å². The molecule has 22 heavy (non-hydrogen) atoms. The van der Waals surface area contributed by atoms with Crippen LogP contribution in [0.25, 0.3) is 5.69 Å². The van der Waals surface area contributed by atoms with E-state index in [0.717, 1.165) is 11.5 Å². The van der Waals surface area contributed by atoms with Crippen LogP contribution in [-0.4, -0.2) is 14.8 Å². The summed E-state index contributed by atoms with van der Waals surface area (Å²) in [6.07, 6.45) is 1.66. The van der Waals surface area contributed by atoms with E-state index in [1.54, 1.807) is 24.5 Å². The fourth-order valence-electron chi connectivity index (χ4n) is 2.12. The second-order valence-corrected chi connectivity index (χ2v) is 5.04. The highest BCUT2D eigenvalue weighted by Crippen LogP contribution is 2.21. The maximum Gasteiger partial charge on any atom is 0.156 e. The standard InChI is InChI=1S/C16H12ClN5/c17-13-7-6-12(9-18)15(8-13)19-10-16-21-20-11-22(16)14-4-2-1-3-5-14/h1-8,11,19H,10H2. The van der Waals surface area contributed by atoms with Crippen molar-refractivity contribution in [3.63, 3.8) is 0 Å². The second kappa shape index (κ2) is 6.29. The minimum atomic E-state index is 0.434. The van der Waals surface area contributed by atoms with Gasteiger partial charge >= 0.3 is 0 Å². The van der Waals surface area contributed by atoms with Gasteiger partial charge in [0.25, 0.3) is 0 Å². The lowest BCUT2D eigenvalue weighted by Crippen LogP contribution is -2.08. The molecule has 3 rings (SSSR count). The van der Waals surface area contributed by atoms with Crippen molar-refractivity contribution in [3.05, 3.63) is 71.3 Å². The fourth-order valence-corrected chi connectivity index (χ4v) is 2.29. The van der Waals surface area contributed by atoms with Crippen molar-refractivity contribution in [3.8, 4) is 11.8 Å². The lowest BCUT2D eigenvalue weighted by atomic mass is 10.2. The molecule has 1 heterocycles. The molecule has 0 radical (unpaired) electrons. The lowest BCUT2D eigenvalue weighted by molar-refractivity contribution is 0.890. The number of hydrogen-bond donors (Lipinski definition) is 1. The third-order valence-corrected chi connectivity index (χ3v) is 3.43. The average molecular weight is 310 g/mol. The molecule has 0 saturated heterocycles. The fraction of sp³-hybridized carbons (Fsp3) is 0.0625. The van der Waals surface area contributed by atoms with E-state index in [0.29, 0.717) is 22.8 Å². The first-order valence-electron chi connectivity index (χ1n) is 6.66. The quantitative estimate of drug-likeness (QED) is 0.802. The maximum absolute atomic E-state index is 9.13. The molecule has 3 aromatic rings. The number of benzene rings is 2. The van der Waals surface area contributed by atoms with Crippen LogP contribution in [0.2, 0.25) is 5.02 Å². The molecule has 108 valence electrons. The largest absolute Gasteiger partial charge is 0.377 e. The van der Waals surface area contributed by atoms with E-state index in [4.69, 9.17) is 16.9 Å². The molecule has 1 aromatic heterocycles. The maximum atomic E-state index is 9.13. The number of nitriles is 1. The Morgan fingerprint density at radius 1 is 1.18 bits per heavy atom. The van der Waals surface area contributed by atoms with Crippen molar-refractivity contribution < 1.29 is 0 Å². The SMILES string of the molecule is N#Cc1ccc(Cl)cc1NCc1nncn1-c1ccccc1. The van der Waals surface area contributed by atoms with Crippen molar-refractivity contribution in [2.75, 3.05) is 5.32 Å². The molecule has 0 aliphatic carbocycles. The Labute approximate surface area is 132 Å². The molecule has 0 aliphatic rings. The van der Waals surface area contributed by atoms with E-state index >= 15 is 0 Å². The molecular formula is C16H12ClN5. The van der Waals surface area contributed by atoms with E-state index in [1.165, 1.54) is 0 Å². The zero-order chi connectivity index (χ0) is 15.4. The summed E-state index contributed by atoms with van der Waals surface area (Å²) in [4.78, 5) is 0. The van der Waals surface area contributed by atoms with E-state index in [2.05, 4.69) is 21.6 Å². The Morgan fingerprint density at radius 3 is 2.77 bits per heavy atom. The number of rotatable bonds is 4. The molecule has 0 unspecified atom stereocenters. The molecule has 0 aliphatic heterocycles. The van der Waals surface area contributed by atoms with Gasteiger partial charge in [0, 0.05) is 10.7 Å². The van der Waals surface area contributed by atoms with Gasteiger partial charge < -0.3 is 5.32 Å². The molecule has 0 fully saturated rings. The number of hydrogen-bond acceptors (Lipinski definition) is 4. The van der Waals surface area contributed by atoms with E-state index in [9.17, 15) is 0 Å². The number of anilines is 1. The van der Waals surface area contributed by atoms with Crippen LogP contribution in [0.3, 0.4) is 0 Å². The van der Waals surface area contributed by atoms with Gasteiger partial charge in [0.15, 0.2) is 5.82 Å². The highest BCUT2D eigenvalue weighted by atomic mass is 35.5. The van der Waals surface area contributed by atoms with Crippen LogP contribution in [0.4, 0.5) is 5.69 Å². The molecule has 0 amide bonds. The third-order valence-electron chi connectivity index (χ3n) is 3.19. The first-order valence-corrected chi connectivity index (χ1v) is 7.03. The third kappa shape index (κ3) is 2.92. The number of nitrogens with zero attached hydrogens (tertiary/aromatic N) is 4. The molecule has 2 aromatic carbocycles. The highest BCUT2D eigenvalue weighted by Gasteiger charge is 2.08. The van der Waals surface area contributed by atoms with Gasteiger partial charge in [-0.15, -0.1) is 10.2 Å². The van der Waals surface area contributed by atoms with Crippen LogP contribution < -0.4 is 5.32 Å². The normalized spacial score (nSPS) is 10.2. The Morgan fingerprint density at radius 2 is 2.00 bits per heavy atom. The van der Waals surface area contributed by atoms with E-state index in [1.807, 2.05) is 34.9 Å². The summed E-state index contributed by atoms with van der Waals surface area (Å²) >= 11 is 5.98. The minimum Gasteiger partial charge on any atom is -0.377 e. The van der Waals surface area contributed by atoms with Crippen molar-refractivity contribution in [1.29, 1.82) is 5.26 Å². The monoisotopic (exact) mass is 309 g/mol. The number of para-hydroxylation sites is 1. The highest BCUT2D eigenvalue weighted by molar-refractivity contribution is 6.30. The Bertz CT molecular complexity index is 820. The predicted molar refractivity (Wildman–Crippen MR) is 84.9 cm³/mol. The van der Waals surface area contributed by atoms with Gasteiger partial charge in [0.1, 0.15) is 12.4 Å². The van der Waals surface area contributed by atoms with Crippen LogP contribution in [0.15, 0.2) is 54.9 Å². The van der Waals surface area contributed by atoms with Crippen LogP contribution in [0.5, 0.6) is 0 Å². The van der Waals surface area contributed by atoms with Crippen molar-refractivity contribution in [2.45, 2.75) is 6.54 Å². The molecule has 0 atom stereocenters. The van der Waals surface area contributed by atoms with Gasteiger partial charge in [-0.1, -0.05) is 29.8 Å². The summed E-state index contributed by atoms with van der Waals surface area (Å²) in [7, 11) is 0. The van der Waals surface area contributed by atoms with Crippen LogP contribution in [0.1, 0.15) is 11.4 Å². The number of nitrogens with one attached hydrogen (secondary N) is 1. The van der Waals surface area contributed by atoms with Gasteiger partial charge in [-0.05, 0) is 30.3 Å². The molecule has 1 N–H and O–H groups in total. The number of halogens is 1. The van der Waals surface area contributed by atoms with E-state index < -0.39 is 0 Å². The summed E-state index contributed by atoms with van der Waals surface area (Å²) in [6.45, 7) is 0.434. The summed E-state index contributed by atoms with van der Waals surface area (Å²) in [5, 5.41) is 21.0. The molecule has 6 heteroatoms. The van der Waals surface area contributed by atoms with Gasteiger partial charge in [-0.3, -0.25) is 4.57 Å². The van der Waals surface area contributed by atoms with Gasteiger partial charge in [-0.25, -0.2) is 0 Å². The zero-order valence-corrected chi connectivity index (χ0v) is 12.3. The first kappa shape index (κ1) is 14.1. The van der Waals surface area contributed by atoms with Crippen LogP contribution in [0, 0.1) is 11.3 Å². The topological polar surface area (TPSA) is 66.5 Å². The second-order valence-electron chi connectivity index (χ2n) is 4.61. The molecule has 0 spiro atoms. The Balaban J connectivity index is 1.83. The van der Waals surface area contributed by atoms with Crippen molar-refractivity contribution in [1.82, 2.24) is 14.8 Å². The van der Waals surface area contributed by atoms with E-state index in [-0.39, 0.29) is 0 Å². The minimum absolute atomic E-state index is 0.434. The summed E-state index contributed by atoms with van der Waals surface area (Å²) in [5.41, 5.74) is 2.20. The Hall–Kier alpha value is -2.84. The van der Waals surface area contributed by atoms with Gasteiger partial charge in [0.2, 0.25) is 0 Å². The molecule has 0 bridgehead atoms. The molecule has 0 saturated carbocycles. The lowest BCUT2D eigenvalue weighted by Gasteiger charge is -2.10. The van der Waals surface area contributed by atoms with Crippen molar-refractivity contribution in [2.24, 2.45) is 0 Å². The summed E-state index contributed by atoms with van der Waals surface area (Å²) in [5.74, 6) is 0.745. The summed E-state index contributed by atoms with van der Waals surface area (Å²) < 4.78 is 1.89. The Kier molecular flexibility index (Phi) is 4.03. The molecular weight excluding hydrogens is 298 g/mol. The smallest absolute Gasteiger partial charge is 0.156 e. The zero-order valence-electron chi connectivity index (χ0n) is 11.6. The number of aromatic nitrogens is 3. The average Bonchev–Trinajstić information content (AvgIpc) is 3.02. The van der Waals surface area contributed by atoms with Gasteiger partial charge in [0.05, 0.1) is 17.8 Å². The van der Waals surface area contributed by atoms with Crippen molar-refractivity contribution >= 4 is 17.3 Å².